The van der Waals surface area contributed by atoms with Gasteiger partial charge in [0.05, 0.1) is 22.8 Å². The largest absolute Gasteiger partial charge is 0.436 e. The smallest absolute Gasteiger partial charge is 0.227 e. The highest BCUT2D eigenvalue weighted by Gasteiger charge is 2.19. The third-order valence-corrected chi connectivity index (χ3v) is 10.7. The second kappa shape index (κ2) is 14.4. The number of aromatic nitrogens is 5. The molecule has 6 nitrogen and oxygen atoms in total. The lowest BCUT2D eigenvalue weighted by molar-refractivity contribution is 0.620. The van der Waals surface area contributed by atoms with Crippen molar-refractivity contribution >= 4 is 32.6 Å². The Labute approximate surface area is 340 Å². The predicted octanol–water partition coefficient (Wildman–Crippen LogP) is 13.4. The van der Waals surface area contributed by atoms with Crippen LogP contribution in [0, 0.1) is 0 Å². The quantitative estimate of drug-likeness (QED) is 0.161. The lowest BCUT2D eigenvalue weighted by Crippen LogP contribution is -1.99. The van der Waals surface area contributed by atoms with Crippen molar-refractivity contribution in [1.82, 2.24) is 24.9 Å². The number of hydrogen-bond acceptors (Lipinski definition) is 6. The number of benzene rings is 8. The van der Waals surface area contributed by atoms with Crippen LogP contribution in [-0.4, -0.2) is 24.9 Å². The fraction of sp³-hybridized carbons (Fsp3) is 0. The maximum atomic E-state index is 6.40. The Balaban J connectivity index is 1.15. The molecular formula is C53H33N5O. The highest BCUT2D eigenvalue weighted by Crippen LogP contribution is 2.36. The second-order valence-corrected chi connectivity index (χ2v) is 14.6. The molecule has 0 aliphatic rings. The van der Waals surface area contributed by atoms with E-state index in [0.29, 0.717) is 23.1 Å². The Morgan fingerprint density at radius 2 is 0.695 bits per heavy atom. The van der Waals surface area contributed by atoms with Crippen LogP contribution in [0.1, 0.15) is 0 Å². The molecule has 0 N–H and O–H groups in total. The summed E-state index contributed by atoms with van der Waals surface area (Å²) >= 11 is 0. The van der Waals surface area contributed by atoms with Crippen molar-refractivity contribution in [3.8, 4) is 79.3 Å². The molecule has 11 rings (SSSR count). The molecule has 3 heterocycles. The van der Waals surface area contributed by atoms with Crippen LogP contribution in [0.25, 0.3) is 112 Å². The number of nitrogens with zero attached hydrogens (tertiary/aromatic N) is 5. The van der Waals surface area contributed by atoms with E-state index in [9.17, 15) is 0 Å². The van der Waals surface area contributed by atoms with Gasteiger partial charge in [-0.25, -0.2) is 24.9 Å². The van der Waals surface area contributed by atoms with E-state index in [1.54, 1.807) is 0 Å². The summed E-state index contributed by atoms with van der Waals surface area (Å²) in [6.07, 6.45) is 0. The van der Waals surface area contributed by atoms with Crippen LogP contribution < -0.4 is 0 Å². The lowest BCUT2D eigenvalue weighted by atomic mass is 10.0. The van der Waals surface area contributed by atoms with Gasteiger partial charge in [0.2, 0.25) is 5.89 Å². The number of fused-ring (bicyclic) bond motifs is 3. The molecule has 0 bridgehead atoms. The molecule has 11 aromatic rings. The number of para-hydroxylation sites is 2. The normalized spacial score (nSPS) is 11.4. The van der Waals surface area contributed by atoms with Gasteiger partial charge in [-0.1, -0.05) is 146 Å². The summed E-state index contributed by atoms with van der Waals surface area (Å²) in [6, 6.07) is 68.2. The summed E-state index contributed by atoms with van der Waals surface area (Å²) in [5.41, 5.74) is 11.0. The van der Waals surface area contributed by atoms with Crippen LogP contribution in [0.15, 0.2) is 205 Å². The molecule has 0 aliphatic carbocycles. The molecule has 8 aromatic carbocycles. The van der Waals surface area contributed by atoms with Gasteiger partial charge < -0.3 is 4.42 Å². The van der Waals surface area contributed by atoms with Gasteiger partial charge in [-0.2, -0.15) is 0 Å². The van der Waals surface area contributed by atoms with Gasteiger partial charge in [-0.15, -0.1) is 0 Å². The van der Waals surface area contributed by atoms with E-state index in [1.165, 1.54) is 10.8 Å². The first-order valence-electron chi connectivity index (χ1n) is 19.6. The zero-order valence-corrected chi connectivity index (χ0v) is 31.7. The van der Waals surface area contributed by atoms with E-state index in [2.05, 4.69) is 127 Å². The standard InChI is InChI=1S/C53H33N5O/c1-3-15-36(16-4-1)46-32-48(40-25-23-34-13-7-9-19-38(34)27-40)56-51(54-46)42-29-43(31-44(30-42)53-58-45-21-11-12-22-50(45)59-53)52-55-47(37-17-5-2-6-18-37)33-49(57-52)41-26-24-35-14-8-10-20-39(35)28-41/h1-33H. The summed E-state index contributed by atoms with van der Waals surface area (Å²) in [7, 11) is 0. The van der Waals surface area contributed by atoms with Crippen LogP contribution in [0.5, 0.6) is 0 Å². The van der Waals surface area contributed by atoms with Crippen molar-refractivity contribution in [3.63, 3.8) is 0 Å². The minimum atomic E-state index is 0.484. The highest BCUT2D eigenvalue weighted by molar-refractivity contribution is 5.89. The first-order valence-corrected chi connectivity index (χ1v) is 19.6. The first kappa shape index (κ1) is 34.2. The molecule has 0 fully saturated rings. The molecule has 59 heavy (non-hydrogen) atoms. The molecular weight excluding hydrogens is 723 g/mol. The molecule has 0 amide bonds. The summed E-state index contributed by atoms with van der Waals surface area (Å²) < 4.78 is 6.40. The van der Waals surface area contributed by atoms with Gasteiger partial charge in [0.15, 0.2) is 17.2 Å². The molecule has 3 aromatic heterocycles. The predicted molar refractivity (Wildman–Crippen MR) is 238 cm³/mol. The van der Waals surface area contributed by atoms with Crippen molar-refractivity contribution in [1.29, 1.82) is 0 Å². The molecule has 0 aliphatic heterocycles. The van der Waals surface area contributed by atoms with E-state index in [-0.39, 0.29) is 0 Å². The lowest BCUT2D eigenvalue weighted by Gasteiger charge is -2.13. The summed E-state index contributed by atoms with van der Waals surface area (Å²) in [5.74, 6) is 1.60. The summed E-state index contributed by atoms with van der Waals surface area (Å²) in [6.45, 7) is 0. The van der Waals surface area contributed by atoms with E-state index < -0.39 is 0 Å². The Bertz CT molecular complexity index is 3120. The van der Waals surface area contributed by atoms with Crippen molar-refractivity contribution in [2.24, 2.45) is 0 Å². The average Bonchev–Trinajstić information content (AvgIpc) is 3.76. The second-order valence-electron chi connectivity index (χ2n) is 14.6. The SMILES string of the molecule is c1ccc(-c2cc(-c3ccc4ccccc4c3)nc(-c3cc(-c4nc(-c5ccccc5)cc(-c5ccc6ccccc6c5)n4)cc(-c4nc5ccccc5o4)c3)n2)cc1. The molecule has 0 saturated carbocycles. The molecule has 6 heteroatoms. The van der Waals surface area contributed by atoms with E-state index in [4.69, 9.17) is 29.3 Å². The molecule has 276 valence electrons. The van der Waals surface area contributed by atoms with Crippen LogP contribution in [-0.2, 0) is 0 Å². The third kappa shape index (κ3) is 6.68. The Kier molecular flexibility index (Phi) is 8.37. The van der Waals surface area contributed by atoms with Crippen LogP contribution in [0.2, 0.25) is 0 Å². The van der Waals surface area contributed by atoms with Gasteiger partial charge in [0.25, 0.3) is 0 Å². The van der Waals surface area contributed by atoms with Gasteiger partial charge in [0.1, 0.15) is 5.52 Å². The zero-order chi connectivity index (χ0) is 39.1. The molecule has 0 unspecified atom stereocenters. The van der Waals surface area contributed by atoms with Crippen molar-refractivity contribution < 1.29 is 4.42 Å². The van der Waals surface area contributed by atoms with Crippen LogP contribution in [0.4, 0.5) is 0 Å². The Morgan fingerprint density at radius 3 is 1.20 bits per heavy atom. The third-order valence-electron chi connectivity index (χ3n) is 10.7. The fourth-order valence-electron chi connectivity index (χ4n) is 7.66. The first-order chi connectivity index (χ1) is 29.2. The maximum Gasteiger partial charge on any atom is 0.227 e. The van der Waals surface area contributed by atoms with Crippen molar-refractivity contribution in [3.05, 3.63) is 200 Å². The summed E-state index contributed by atoms with van der Waals surface area (Å²) in [4.78, 5) is 25.9. The highest BCUT2D eigenvalue weighted by atomic mass is 16.3. The van der Waals surface area contributed by atoms with Gasteiger partial charge >= 0.3 is 0 Å². The topological polar surface area (TPSA) is 77.6 Å². The summed E-state index contributed by atoms with van der Waals surface area (Å²) in [5, 5.41) is 4.63. The maximum absolute atomic E-state index is 6.40. The van der Waals surface area contributed by atoms with E-state index in [0.717, 1.165) is 78.0 Å². The number of oxazole rings is 1. The van der Waals surface area contributed by atoms with E-state index >= 15 is 0 Å². The average molecular weight is 756 g/mol. The minimum Gasteiger partial charge on any atom is -0.436 e. The van der Waals surface area contributed by atoms with Gasteiger partial charge in [-0.3, -0.25) is 0 Å². The number of hydrogen-bond donors (Lipinski definition) is 0. The minimum absolute atomic E-state index is 0.484. The Morgan fingerprint density at radius 1 is 0.271 bits per heavy atom. The molecule has 0 atom stereocenters. The molecule has 0 radical (unpaired) electrons. The van der Waals surface area contributed by atoms with Crippen molar-refractivity contribution in [2.75, 3.05) is 0 Å². The van der Waals surface area contributed by atoms with Crippen LogP contribution in [0.3, 0.4) is 0 Å². The van der Waals surface area contributed by atoms with Gasteiger partial charge in [-0.05, 0) is 76.1 Å². The number of rotatable bonds is 7. The van der Waals surface area contributed by atoms with Crippen molar-refractivity contribution in [2.45, 2.75) is 0 Å². The van der Waals surface area contributed by atoms with Gasteiger partial charge in [0, 0.05) is 38.9 Å². The molecule has 0 spiro atoms. The van der Waals surface area contributed by atoms with E-state index in [1.807, 2.05) is 72.8 Å². The fourth-order valence-corrected chi connectivity index (χ4v) is 7.66. The Hall–Kier alpha value is -8.09. The van der Waals surface area contributed by atoms with Crippen LogP contribution >= 0.6 is 0 Å². The monoisotopic (exact) mass is 755 g/mol. The molecule has 0 saturated heterocycles. The zero-order valence-electron chi connectivity index (χ0n) is 31.7.